The van der Waals surface area contributed by atoms with Crippen LogP contribution >= 0.6 is 11.3 Å². The fourth-order valence-electron chi connectivity index (χ4n) is 2.25. The Labute approximate surface area is 130 Å². The van der Waals surface area contributed by atoms with Crippen molar-refractivity contribution in [2.24, 2.45) is 10.7 Å². The van der Waals surface area contributed by atoms with E-state index in [9.17, 15) is 0 Å². The highest BCUT2D eigenvalue weighted by molar-refractivity contribution is 7.13. The van der Waals surface area contributed by atoms with Gasteiger partial charge in [-0.25, -0.2) is 4.98 Å². The van der Waals surface area contributed by atoms with E-state index >= 15 is 0 Å². The van der Waals surface area contributed by atoms with Crippen LogP contribution in [-0.4, -0.2) is 61.8 Å². The molecule has 1 fully saturated rings. The monoisotopic (exact) mass is 311 g/mol. The van der Waals surface area contributed by atoms with E-state index in [0.29, 0.717) is 5.96 Å². The molecular formula is C14H25N5OS. The van der Waals surface area contributed by atoms with Gasteiger partial charge < -0.3 is 20.3 Å². The number of nitrogens with zero attached hydrogens (tertiary/aromatic N) is 4. The van der Waals surface area contributed by atoms with Crippen LogP contribution in [0, 0.1) is 0 Å². The Bertz CT molecular complexity index is 415. The Hall–Kier alpha value is -1.34. The van der Waals surface area contributed by atoms with Crippen molar-refractivity contribution in [2.75, 3.05) is 50.8 Å². The lowest BCUT2D eigenvalue weighted by atomic mass is 10.3. The number of aromatic nitrogens is 1. The van der Waals surface area contributed by atoms with E-state index in [1.54, 1.807) is 11.3 Å². The third-order valence-corrected chi connectivity index (χ3v) is 4.30. The van der Waals surface area contributed by atoms with Crippen LogP contribution in [0.3, 0.4) is 0 Å². The highest BCUT2D eigenvalue weighted by atomic mass is 32.1. The smallest absolute Gasteiger partial charge is 0.191 e. The third kappa shape index (κ3) is 5.17. The van der Waals surface area contributed by atoms with E-state index in [-0.39, 0.29) is 0 Å². The molecule has 0 aromatic carbocycles. The van der Waals surface area contributed by atoms with Gasteiger partial charge in [-0.05, 0) is 19.8 Å². The van der Waals surface area contributed by atoms with Crippen LogP contribution in [0.25, 0.3) is 0 Å². The van der Waals surface area contributed by atoms with Crippen molar-refractivity contribution >= 4 is 22.4 Å². The molecule has 1 aromatic rings. The molecule has 21 heavy (non-hydrogen) atoms. The van der Waals surface area contributed by atoms with Gasteiger partial charge in [-0.1, -0.05) is 0 Å². The third-order valence-electron chi connectivity index (χ3n) is 3.47. The fraction of sp³-hybridized carbons (Fsp3) is 0.714. The van der Waals surface area contributed by atoms with Crippen LogP contribution in [0.5, 0.6) is 0 Å². The van der Waals surface area contributed by atoms with Crippen LogP contribution in [0.1, 0.15) is 19.8 Å². The molecule has 6 nitrogen and oxygen atoms in total. The van der Waals surface area contributed by atoms with Gasteiger partial charge in [-0.2, -0.15) is 0 Å². The van der Waals surface area contributed by atoms with E-state index in [1.165, 1.54) is 0 Å². The number of aliphatic imine (C=N–C) groups is 1. The van der Waals surface area contributed by atoms with E-state index in [2.05, 4.69) is 19.8 Å². The number of unbranched alkanes of at least 4 members (excludes halogenated alkanes) is 1. The molecule has 0 radical (unpaired) electrons. The van der Waals surface area contributed by atoms with E-state index in [4.69, 9.17) is 10.5 Å². The number of nitrogens with two attached hydrogens (primary N) is 1. The minimum absolute atomic E-state index is 0.671. The van der Waals surface area contributed by atoms with Crippen molar-refractivity contribution in [3.05, 3.63) is 11.6 Å². The minimum atomic E-state index is 0.671. The zero-order valence-corrected chi connectivity index (χ0v) is 13.5. The predicted molar refractivity (Wildman–Crippen MR) is 88.1 cm³/mol. The van der Waals surface area contributed by atoms with Crippen LogP contribution in [0.4, 0.5) is 5.13 Å². The lowest BCUT2D eigenvalue weighted by Gasteiger charge is -2.35. The summed E-state index contributed by atoms with van der Waals surface area (Å²) in [7, 11) is 0. The molecule has 0 unspecified atom stereocenters. The van der Waals surface area contributed by atoms with Gasteiger partial charge >= 0.3 is 0 Å². The average Bonchev–Trinajstić information content (AvgIpc) is 3.05. The molecule has 0 saturated carbocycles. The molecule has 2 heterocycles. The lowest BCUT2D eigenvalue weighted by molar-refractivity contribution is 0.144. The molecule has 0 atom stereocenters. The van der Waals surface area contributed by atoms with E-state index < -0.39 is 0 Å². The Balaban J connectivity index is 1.66. The second-order valence-corrected chi connectivity index (χ2v) is 5.81. The summed E-state index contributed by atoms with van der Waals surface area (Å²) >= 11 is 1.69. The molecule has 2 N–H and O–H groups in total. The van der Waals surface area contributed by atoms with Crippen molar-refractivity contribution in [1.29, 1.82) is 0 Å². The van der Waals surface area contributed by atoms with Crippen molar-refractivity contribution in [3.63, 3.8) is 0 Å². The molecule has 1 saturated heterocycles. The number of anilines is 1. The van der Waals surface area contributed by atoms with Crippen molar-refractivity contribution < 1.29 is 4.74 Å². The summed E-state index contributed by atoms with van der Waals surface area (Å²) < 4.78 is 5.30. The summed E-state index contributed by atoms with van der Waals surface area (Å²) in [5.74, 6) is 0.671. The zero-order valence-electron chi connectivity index (χ0n) is 12.7. The van der Waals surface area contributed by atoms with Gasteiger partial charge in [-0.15, -0.1) is 11.3 Å². The van der Waals surface area contributed by atoms with Gasteiger partial charge in [0.25, 0.3) is 0 Å². The van der Waals surface area contributed by atoms with E-state index in [0.717, 1.165) is 63.9 Å². The summed E-state index contributed by atoms with van der Waals surface area (Å²) in [6, 6.07) is 0. The Morgan fingerprint density at radius 2 is 2.19 bits per heavy atom. The molecule has 7 heteroatoms. The van der Waals surface area contributed by atoms with Gasteiger partial charge in [0, 0.05) is 57.5 Å². The normalized spacial score (nSPS) is 16.5. The Kier molecular flexibility index (Phi) is 6.75. The van der Waals surface area contributed by atoms with Gasteiger partial charge in [-0.3, -0.25) is 4.99 Å². The van der Waals surface area contributed by atoms with Gasteiger partial charge in [0.05, 0.1) is 0 Å². The van der Waals surface area contributed by atoms with Gasteiger partial charge in [0.2, 0.25) is 0 Å². The lowest BCUT2D eigenvalue weighted by Crippen LogP contribution is -2.51. The maximum absolute atomic E-state index is 6.07. The second-order valence-electron chi connectivity index (χ2n) is 4.93. The molecule has 0 spiro atoms. The molecule has 118 valence electrons. The minimum Gasteiger partial charge on any atom is -0.382 e. The second kappa shape index (κ2) is 8.84. The topological polar surface area (TPSA) is 67.0 Å². The molecule has 1 aromatic heterocycles. The Morgan fingerprint density at radius 1 is 1.38 bits per heavy atom. The first-order valence-corrected chi connectivity index (χ1v) is 8.46. The van der Waals surface area contributed by atoms with Crippen LogP contribution in [-0.2, 0) is 4.74 Å². The fourth-order valence-corrected chi connectivity index (χ4v) is 2.95. The molecule has 0 aliphatic carbocycles. The number of thiazole rings is 1. The number of rotatable bonds is 7. The number of ether oxygens (including phenoxy) is 1. The zero-order chi connectivity index (χ0) is 14.9. The SMILES string of the molecule is CCOCCCCN=C(N)N1CCN(c2nccs2)CC1. The largest absolute Gasteiger partial charge is 0.382 e. The van der Waals surface area contributed by atoms with Crippen molar-refractivity contribution in [1.82, 2.24) is 9.88 Å². The van der Waals surface area contributed by atoms with E-state index in [1.807, 2.05) is 18.5 Å². The summed E-state index contributed by atoms with van der Waals surface area (Å²) in [5, 5.41) is 3.11. The van der Waals surface area contributed by atoms with Crippen molar-refractivity contribution in [3.8, 4) is 0 Å². The highest BCUT2D eigenvalue weighted by Crippen LogP contribution is 2.18. The summed E-state index contributed by atoms with van der Waals surface area (Å²) in [5.41, 5.74) is 6.07. The van der Waals surface area contributed by atoms with Crippen LogP contribution < -0.4 is 10.6 Å². The molecule has 1 aliphatic rings. The molecule has 2 rings (SSSR count). The van der Waals surface area contributed by atoms with Gasteiger partial charge in [0.15, 0.2) is 11.1 Å². The predicted octanol–water partition coefficient (Wildman–Crippen LogP) is 1.40. The summed E-state index contributed by atoms with van der Waals surface area (Å²) in [6.07, 6.45) is 3.92. The van der Waals surface area contributed by atoms with Crippen LogP contribution in [0.15, 0.2) is 16.6 Å². The summed E-state index contributed by atoms with van der Waals surface area (Å²) in [6.45, 7) is 8.13. The maximum Gasteiger partial charge on any atom is 0.191 e. The molecule has 1 aliphatic heterocycles. The van der Waals surface area contributed by atoms with Crippen LogP contribution in [0.2, 0.25) is 0 Å². The average molecular weight is 311 g/mol. The van der Waals surface area contributed by atoms with Gasteiger partial charge in [0.1, 0.15) is 0 Å². The highest BCUT2D eigenvalue weighted by Gasteiger charge is 2.19. The maximum atomic E-state index is 6.07. The Morgan fingerprint density at radius 3 is 2.86 bits per heavy atom. The molecule has 0 amide bonds. The molecule has 0 bridgehead atoms. The first-order chi connectivity index (χ1) is 10.3. The standard InChI is InChI=1S/C14H25N5OS/c1-2-20-11-4-3-5-16-13(15)18-7-9-19(10-8-18)14-17-6-12-21-14/h6,12H,2-5,7-11H2,1H3,(H2,15,16). The number of hydrogen-bond donors (Lipinski definition) is 1. The first kappa shape index (κ1) is 16.0. The quantitative estimate of drug-likeness (QED) is 0.468. The van der Waals surface area contributed by atoms with Crippen molar-refractivity contribution in [2.45, 2.75) is 19.8 Å². The molecular weight excluding hydrogens is 286 g/mol. The summed E-state index contributed by atoms with van der Waals surface area (Å²) in [4.78, 5) is 13.3. The number of piperazine rings is 1. The first-order valence-electron chi connectivity index (χ1n) is 7.58. The number of guanidine groups is 1. The number of hydrogen-bond acceptors (Lipinski definition) is 5.